The van der Waals surface area contributed by atoms with E-state index in [4.69, 9.17) is 9.90 Å². The number of aryl methyl sites for hydroxylation is 1. The number of nitrogens with zero attached hydrogens (tertiary/aromatic N) is 3. The lowest BCUT2D eigenvalue weighted by Crippen LogP contribution is -2.33. The zero-order chi connectivity index (χ0) is 22.6. The predicted molar refractivity (Wildman–Crippen MR) is 108 cm³/mol. The second kappa shape index (κ2) is 9.44. The van der Waals surface area contributed by atoms with Gasteiger partial charge in [0.2, 0.25) is 0 Å². The van der Waals surface area contributed by atoms with Crippen LogP contribution in [0.1, 0.15) is 24.5 Å². The number of benzene rings is 2. The summed E-state index contributed by atoms with van der Waals surface area (Å²) in [6, 6.07) is 14.4. The van der Waals surface area contributed by atoms with Crippen LogP contribution in [0, 0.1) is 5.92 Å². The second-order valence-electron chi connectivity index (χ2n) is 7.39. The van der Waals surface area contributed by atoms with E-state index < -0.39 is 18.2 Å². The number of fused-ring (bicyclic) bond motifs is 1. The molecule has 2 heterocycles. The number of hydrogen-bond acceptors (Lipinski definition) is 5. The van der Waals surface area contributed by atoms with Crippen LogP contribution >= 0.6 is 0 Å². The Morgan fingerprint density at radius 1 is 1.19 bits per heavy atom. The second-order valence-corrected chi connectivity index (χ2v) is 7.39. The van der Waals surface area contributed by atoms with Crippen LogP contribution in [-0.4, -0.2) is 50.4 Å². The zero-order valence-corrected chi connectivity index (χ0v) is 16.8. The molecule has 166 valence electrons. The van der Waals surface area contributed by atoms with Crippen LogP contribution in [0.5, 0.6) is 0 Å². The summed E-state index contributed by atoms with van der Waals surface area (Å²) in [5.74, 6) is -2.45. The summed E-state index contributed by atoms with van der Waals surface area (Å²) in [7, 11) is 1.89. The Balaban J connectivity index is 0.000000339. The fourth-order valence-corrected chi connectivity index (χ4v) is 3.51. The molecule has 3 N–H and O–H groups in total. The Bertz CT molecular complexity index is 1030. The van der Waals surface area contributed by atoms with Gasteiger partial charge in [0.25, 0.3) is 0 Å². The van der Waals surface area contributed by atoms with Gasteiger partial charge in [-0.3, -0.25) is 0 Å². The van der Waals surface area contributed by atoms with Crippen molar-refractivity contribution in [1.29, 1.82) is 0 Å². The van der Waals surface area contributed by atoms with Gasteiger partial charge < -0.3 is 15.5 Å². The third-order valence-corrected chi connectivity index (χ3v) is 5.22. The number of aliphatic carboxylic acids is 1. The number of hydrogen-bond donors (Lipinski definition) is 3. The molecule has 0 saturated carbocycles. The first kappa shape index (κ1) is 22.7. The van der Waals surface area contributed by atoms with E-state index in [9.17, 15) is 18.3 Å². The number of aliphatic hydroxyl groups excluding tert-OH is 1. The Kier molecular flexibility index (Phi) is 6.91. The number of carboxylic acid groups (broad SMARTS) is 1. The number of halogens is 3. The zero-order valence-electron chi connectivity index (χ0n) is 16.8. The largest absolute Gasteiger partial charge is 0.490 e. The van der Waals surface area contributed by atoms with Gasteiger partial charge in [0.05, 0.1) is 11.6 Å². The molecule has 1 fully saturated rings. The molecule has 0 radical (unpaired) electrons. The van der Waals surface area contributed by atoms with Crippen LogP contribution in [0.25, 0.3) is 22.2 Å². The fourth-order valence-electron chi connectivity index (χ4n) is 3.51. The minimum absolute atomic E-state index is 0.306. The van der Waals surface area contributed by atoms with E-state index in [-0.39, 0.29) is 0 Å². The van der Waals surface area contributed by atoms with Gasteiger partial charge >= 0.3 is 12.1 Å². The molecular weight excluding hydrogens is 413 g/mol. The maximum Gasteiger partial charge on any atom is 0.490 e. The average Bonchev–Trinajstić information content (AvgIpc) is 3.14. The van der Waals surface area contributed by atoms with Crippen LogP contribution in [0.15, 0.2) is 42.5 Å². The van der Waals surface area contributed by atoms with E-state index in [0.717, 1.165) is 53.7 Å². The van der Waals surface area contributed by atoms with Gasteiger partial charge in [-0.15, -0.1) is 5.10 Å². The van der Waals surface area contributed by atoms with Crippen molar-refractivity contribution < 1.29 is 28.2 Å². The third-order valence-electron chi connectivity index (χ3n) is 5.22. The van der Waals surface area contributed by atoms with Gasteiger partial charge in [0, 0.05) is 19.5 Å². The van der Waals surface area contributed by atoms with Crippen molar-refractivity contribution >= 4 is 17.0 Å². The van der Waals surface area contributed by atoms with Crippen molar-refractivity contribution in [2.75, 3.05) is 13.1 Å². The quantitative estimate of drug-likeness (QED) is 0.583. The highest BCUT2D eigenvalue weighted by Crippen LogP contribution is 2.29. The van der Waals surface area contributed by atoms with Gasteiger partial charge in [-0.2, -0.15) is 13.2 Å². The first-order valence-corrected chi connectivity index (χ1v) is 9.75. The number of alkyl halides is 3. The smallest absolute Gasteiger partial charge is 0.475 e. The average molecular weight is 436 g/mol. The summed E-state index contributed by atoms with van der Waals surface area (Å²) >= 11 is 0. The van der Waals surface area contributed by atoms with Gasteiger partial charge in [0.15, 0.2) is 0 Å². The van der Waals surface area contributed by atoms with Crippen molar-refractivity contribution in [3.8, 4) is 11.1 Å². The molecule has 0 bridgehead atoms. The molecule has 2 unspecified atom stereocenters. The molecular formula is C21H23F3N4O3. The molecule has 1 aromatic heterocycles. The summed E-state index contributed by atoms with van der Waals surface area (Å²) in [5, 5.41) is 29.3. The molecule has 4 rings (SSSR count). The molecule has 0 amide bonds. The highest BCUT2D eigenvalue weighted by Gasteiger charge is 2.38. The number of piperidine rings is 1. The molecule has 2 atom stereocenters. The lowest BCUT2D eigenvalue weighted by Gasteiger charge is -2.27. The van der Waals surface area contributed by atoms with Crippen LogP contribution in [0.4, 0.5) is 13.2 Å². The lowest BCUT2D eigenvalue weighted by molar-refractivity contribution is -0.192. The molecule has 1 aliphatic heterocycles. The molecule has 1 saturated heterocycles. The molecule has 2 aromatic carbocycles. The predicted octanol–water partition coefficient (Wildman–Crippen LogP) is 3.30. The van der Waals surface area contributed by atoms with E-state index in [2.05, 4.69) is 39.9 Å². The molecule has 3 aromatic rings. The summed E-state index contributed by atoms with van der Waals surface area (Å²) < 4.78 is 33.5. The molecule has 0 spiro atoms. The van der Waals surface area contributed by atoms with Crippen LogP contribution in [0.3, 0.4) is 0 Å². The number of aliphatic hydroxyl groups is 1. The Morgan fingerprint density at radius 3 is 2.42 bits per heavy atom. The number of aromatic nitrogens is 3. The summed E-state index contributed by atoms with van der Waals surface area (Å²) in [6.07, 6.45) is -3.26. The normalized spacial score (nSPS) is 17.6. The van der Waals surface area contributed by atoms with Crippen molar-refractivity contribution in [3.63, 3.8) is 0 Å². The first-order valence-electron chi connectivity index (χ1n) is 9.75. The molecule has 31 heavy (non-hydrogen) atoms. The number of nitrogens with one attached hydrogen (secondary N) is 1. The molecule has 1 aliphatic rings. The van der Waals surface area contributed by atoms with Gasteiger partial charge in [-0.1, -0.05) is 35.5 Å². The van der Waals surface area contributed by atoms with E-state index in [0.29, 0.717) is 5.92 Å². The number of carbonyl (C=O) groups is 1. The number of rotatable bonds is 3. The number of carboxylic acids is 1. The highest BCUT2D eigenvalue weighted by atomic mass is 19.4. The van der Waals surface area contributed by atoms with E-state index >= 15 is 0 Å². The standard InChI is InChI=1S/C19H22N4O.C2HF3O2/c1-23-18-9-8-15(11-17(18)21-22-23)13-4-6-14(7-5-13)19(24)16-3-2-10-20-12-16;3-2(4,5)1(6)7/h4-9,11,16,19-20,24H,2-3,10,12H2,1H3;(H,6,7). The molecule has 7 nitrogen and oxygen atoms in total. The Hall–Kier alpha value is -2.98. The fraction of sp³-hybridized carbons (Fsp3) is 0.381. The summed E-state index contributed by atoms with van der Waals surface area (Å²) in [6.45, 7) is 1.96. The van der Waals surface area contributed by atoms with Crippen molar-refractivity contribution in [3.05, 3.63) is 48.0 Å². The maximum absolute atomic E-state index is 10.6. The van der Waals surface area contributed by atoms with E-state index in [1.165, 1.54) is 0 Å². The van der Waals surface area contributed by atoms with Crippen molar-refractivity contribution in [1.82, 2.24) is 20.3 Å². The highest BCUT2D eigenvalue weighted by molar-refractivity contribution is 5.81. The van der Waals surface area contributed by atoms with E-state index in [1.54, 1.807) is 4.68 Å². The minimum Gasteiger partial charge on any atom is -0.475 e. The maximum atomic E-state index is 10.6. The van der Waals surface area contributed by atoms with E-state index in [1.807, 2.05) is 25.2 Å². The lowest BCUT2D eigenvalue weighted by atomic mass is 9.89. The van der Waals surface area contributed by atoms with Crippen molar-refractivity contribution in [2.24, 2.45) is 13.0 Å². The summed E-state index contributed by atoms with van der Waals surface area (Å²) in [4.78, 5) is 8.90. The first-order chi connectivity index (χ1) is 14.7. The molecule has 10 heteroatoms. The Labute approximate surface area is 176 Å². The summed E-state index contributed by atoms with van der Waals surface area (Å²) in [5.41, 5.74) is 5.15. The van der Waals surface area contributed by atoms with Gasteiger partial charge in [0.1, 0.15) is 5.52 Å². The Morgan fingerprint density at radius 2 is 1.84 bits per heavy atom. The van der Waals surface area contributed by atoms with Crippen molar-refractivity contribution in [2.45, 2.75) is 25.1 Å². The third kappa shape index (κ3) is 5.59. The van der Waals surface area contributed by atoms with Gasteiger partial charge in [-0.25, -0.2) is 9.48 Å². The molecule has 0 aliphatic carbocycles. The van der Waals surface area contributed by atoms with Crippen LogP contribution < -0.4 is 5.32 Å². The van der Waals surface area contributed by atoms with Gasteiger partial charge in [-0.05, 0) is 48.2 Å². The minimum atomic E-state index is -5.08. The SMILES string of the molecule is Cn1nnc2cc(-c3ccc(C(O)C4CCCNC4)cc3)ccc21.O=C(O)C(F)(F)F. The van der Waals surface area contributed by atoms with Crippen LogP contribution in [-0.2, 0) is 11.8 Å². The monoisotopic (exact) mass is 436 g/mol. The van der Waals surface area contributed by atoms with Crippen LogP contribution in [0.2, 0.25) is 0 Å². The topological polar surface area (TPSA) is 100 Å².